The maximum absolute atomic E-state index is 4.99. The lowest BCUT2D eigenvalue weighted by atomic mass is 9.65. The first kappa shape index (κ1) is 17.6. The van der Waals surface area contributed by atoms with Crippen LogP contribution >= 0.6 is 0 Å². The van der Waals surface area contributed by atoms with E-state index < -0.39 is 0 Å². The minimum atomic E-state index is 0.177. The van der Waals surface area contributed by atoms with Crippen molar-refractivity contribution in [3.8, 4) is 0 Å². The van der Waals surface area contributed by atoms with E-state index in [0.29, 0.717) is 5.41 Å². The second kappa shape index (κ2) is 6.77. The van der Waals surface area contributed by atoms with Crippen LogP contribution in [0.3, 0.4) is 0 Å². The van der Waals surface area contributed by atoms with Crippen LogP contribution in [0.25, 0.3) is 0 Å². The Bertz CT molecular complexity index is 400. The lowest BCUT2D eigenvalue weighted by molar-refractivity contribution is -0.0668. The van der Waals surface area contributed by atoms with Crippen LogP contribution in [0.4, 0.5) is 0 Å². The Morgan fingerprint density at radius 3 is 2.50 bits per heavy atom. The number of aliphatic imine (C=N–C) groups is 1. The molecule has 1 N–H and O–H groups in total. The number of piperidine rings is 1. The Hall–Kier alpha value is -0.770. The Morgan fingerprint density at radius 2 is 1.95 bits per heavy atom. The third-order valence-corrected chi connectivity index (χ3v) is 6.02. The fourth-order valence-electron chi connectivity index (χ4n) is 3.60. The van der Waals surface area contributed by atoms with Gasteiger partial charge in [-0.25, -0.2) is 0 Å². The number of hydrogen-bond acceptors (Lipinski definition) is 2. The second-order valence-corrected chi connectivity index (χ2v) is 8.13. The molecule has 0 aromatic carbocycles. The molecule has 1 atom stereocenters. The van der Waals surface area contributed by atoms with Crippen LogP contribution in [-0.2, 0) is 0 Å². The summed E-state index contributed by atoms with van der Waals surface area (Å²) in [5.74, 6) is 1.83. The Kier molecular flexibility index (Phi) is 5.41. The summed E-state index contributed by atoms with van der Waals surface area (Å²) in [5.41, 5.74) is 0.531. The van der Waals surface area contributed by atoms with Gasteiger partial charge in [-0.05, 0) is 52.6 Å². The van der Waals surface area contributed by atoms with Gasteiger partial charge in [-0.3, -0.25) is 4.99 Å². The zero-order valence-corrected chi connectivity index (χ0v) is 15.6. The molecule has 1 unspecified atom stereocenters. The summed E-state index contributed by atoms with van der Waals surface area (Å²) >= 11 is 0. The van der Waals surface area contributed by atoms with Gasteiger partial charge in [-0.15, -0.1) is 0 Å². The minimum Gasteiger partial charge on any atom is -0.356 e. The van der Waals surface area contributed by atoms with Crippen LogP contribution in [0.5, 0.6) is 0 Å². The fraction of sp³-hybridized carbons (Fsp3) is 0.944. The van der Waals surface area contributed by atoms with Crippen LogP contribution in [0.2, 0.25) is 0 Å². The lowest BCUT2D eigenvalue weighted by Gasteiger charge is -2.62. The molecular weight excluding hydrogens is 272 g/mol. The predicted octanol–water partition coefficient (Wildman–Crippen LogP) is 2.80. The molecule has 0 radical (unpaired) electrons. The van der Waals surface area contributed by atoms with Crippen molar-refractivity contribution in [1.29, 1.82) is 0 Å². The molecule has 0 spiro atoms. The standard InChI is InChI=1S/C18H36N4/c1-7-19-16(22-14-17(3,4)18(22,5)6)20-12-15-10-9-11-21(8-2)13-15/h15H,7-14H2,1-6H3,(H,19,20). The molecule has 2 rings (SSSR count). The van der Waals surface area contributed by atoms with E-state index in [1.54, 1.807) is 0 Å². The third-order valence-electron chi connectivity index (χ3n) is 6.02. The van der Waals surface area contributed by atoms with Gasteiger partial charge in [-0.2, -0.15) is 0 Å². The van der Waals surface area contributed by atoms with Gasteiger partial charge in [-0.1, -0.05) is 20.8 Å². The molecule has 2 heterocycles. The van der Waals surface area contributed by atoms with Crippen molar-refractivity contribution in [2.75, 3.05) is 39.3 Å². The van der Waals surface area contributed by atoms with Crippen molar-refractivity contribution in [3.05, 3.63) is 0 Å². The van der Waals surface area contributed by atoms with E-state index in [1.807, 2.05) is 0 Å². The van der Waals surface area contributed by atoms with Gasteiger partial charge in [0.05, 0.1) is 0 Å². The summed E-state index contributed by atoms with van der Waals surface area (Å²) < 4.78 is 0. The van der Waals surface area contributed by atoms with E-state index in [-0.39, 0.29) is 5.54 Å². The van der Waals surface area contributed by atoms with E-state index in [2.05, 4.69) is 56.7 Å². The SMILES string of the molecule is CCNC(=NCC1CCCN(CC)C1)N1CC(C)(C)C1(C)C. The molecule has 128 valence electrons. The maximum atomic E-state index is 4.99. The molecule has 2 aliphatic heterocycles. The van der Waals surface area contributed by atoms with Gasteiger partial charge in [0, 0.05) is 37.1 Å². The number of nitrogens with zero attached hydrogens (tertiary/aromatic N) is 3. The normalized spacial score (nSPS) is 28.4. The molecule has 0 aromatic rings. The minimum absolute atomic E-state index is 0.177. The molecule has 2 saturated heterocycles. The zero-order valence-electron chi connectivity index (χ0n) is 15.6. The van der Waals surface area contributed by atoms with E-state index >= 15 is 0 Å². The second-order valence-electron chi connectivity index (χ2n) is 8.13. The van der Waals surface area contributed by atoms with Gasteiger partial charge in [0.15, 0.2) is 5.96 Å². The summed E-state index contributed by atoms with van der Waals surface area (Å²) in [4.78, 5) is 10.0. The highest BCUT2D eigenvalue weighted by Crippen LogP contribution is 2.46. The van der Waals surface area contributed by atoms with E-state index in [0.717, 1.165) is 31.5 Å². The molecule has 0 saturated carbocycles. The highest BCUT2D eigenvalue weighted by molar-refractivity contribution is 5.82. The van der Waals surface area contributed by atoms with Gasteiger partial charge >= 0.3 is 0 Å². The third kappa shape index (κ3) is 3.42. The number of likely N-dealkylation sites (tertiary alicyclic amines) is 2. The van der Waals surface area contributed by atoms with Gasteiger partial charge < -0.3 is 15.1 Å². The summed E-state index contributed by atoms with van der Waals surface area (Å²) in [6, 6.07) is 0. The predicted molar refractivity (Wildman–Crippen MR) is 95.4 cm³/mol. The highest BCUT2D eigenvalue weighted by Gasteiger charge is 2.53. The number of nitrogens with one attached hydrogen (secondary N) is 1. The number of hydrogen-bond donors (Lipinski definition) is 1. The highest BCUT2D eigenvalue weighted by atomic mass is 15.4. The van der Waals surface area contributed by atoms with Crippen LogP contribution < -0.4 is 5.32 Å². The first-order valence-corrected chi connectivity index (χ1v) is 9.10. The van der Waals surface area contributed by atoms with Crippen molar-refractivity contribution in [3.63, 3.8) is 0 Å². The van der Waals surface area contributed by atoms with Crippen LogP contribution in [0.1, 0.15) is 54.4 Å². The first-order chi connectivity index (χ1) is 10.3. The fourth-order valence-corrected chi connectivity index (χ4v) is 3.60. The molecule has 22 heavy (non-hydrogen) atoms. The average molecular weight is 309 g/mol. The number of rotatable bonds is 4. The van der Waals surface area contributed by atoms with Crippen molar-refractivity contribution in [2.24, 2.45) is 16.3 Å². The van der Waals surface area contributed by atoms with Crippen LogP contribution in [0.15, 0.2) is 4.99 Å². The Morgan fingerprint density at radius 1 is 1.23 bits per heavy atom. The molecule has 0 amide bonds. The Labute approximate surface area is 137 Å². The maximum Gasteiger partial charge on any atom is 0.194 e. The van der Waals surface area contributed by atoms with Crippen molar-refractivity contribution in [2.45, 2.75) is 59.9 Å². The molecule has 0 aromatic heterocycles. The lowest BCUT2D eigenvalue weighted by Crippen LogP contribution is -2.72. The molecular formula is C18H36N4. The summed E-state index contributed by atoms with van der Waals surface area (Å²) in [5, 5.41) is 3.51. The average Bonchev–Trinajstić information content (AvgIpc) is 2.49. The monoisotopic (exact) mass is 308 g/mol. The van der Waals surface area contributed by atoms with Crippen LogP contribution in [-0.4, -0.2) is 60.6 Å². The van der Waals surface area contributed by atoms with E-state index in [1.165, 1.54) is 32.5 Å². The topological polar surface area (TPSA) is 30.9 Å². The molecule has 0 aliphatic carbocycles. The molecule has 4 nitrogen and oxygen atoms in total. The molecule has 0 bridgehead atoms. The smallest absolute Gasteiger partial charge is 0.194 e. The molecule has 2 aliphatic rings. The van der Waals surface area contributed by atoms with Crippen molar-refractivity contribution in [1.82, 2.24) is 15.1 Å². The number of guanidine groups is 1. The van der Waals surface area contributed by atoms with Crippen LogP contribution in [0, 0.1) is 11.3 Å². The largest absolute Gasteiger partial charge is 0.356 e. The van der Waals surface area contributed by atoms with E-state index in [4.69, 9.17) is 4.99 Å². The van der Waals surface area contributed by atoms with Gasteiger partial charge in [0.25, 0.3) is 0 Å². The summed E-state index contributed by atoms with van der Waals surface area (Å²) in [7, 11) is 0. The molecule has 4 heteroatoms. The van der Waals surface area contributed by atoms with Crippen molar-refractivity contribution < 1.29 is 0 Å². The first-order valence-electron chi connectivity index (χ1n) is 9.10. The molecule has 2 fully saturated rings. The van der Waals surface area contributed by atoms with Gasteiger partial charge in [0.1, 0.15) is 0 Å². The van der Waals surface area contributed by atoms with Gasteiger partial charge in [0.2, 0.25) is 0 Å². The summed E-state index contributed by atoms with van der Waals surface area (Å²) in [6.45, 7) is 20.5. The Balaban J connectivity index is 1.99. The quantitative estimate of drug-likeness (QED) is 0.640. The van der Waals surface area contributed by atoms with E-state index in [9.17, 15) is 0 Å². The summed E-state index contributed by atoms with van der Waals surface area (Å²) in [6.07, 6.45) is 2.65. The zero-order chi connectivity index (χ0) is 16.4. The van der Waals surface area contributed by atoms with Crippen molar-refractivity contribution >= 4 is 5.96 Å².